The van der Waals surface area contributed by atoms with E-state index in [9.17, 15) is 9.18 Å². The third kappa shape index (κ3) is 2.43. The van der Waals surface area contributed by atoms with Gasteiger partial charge in [-0.3, -0.25) is 4.79 Å². The van der Waals surface area contributed by atoms with Gasteiger partial charge in [0.2, 0.25) is 5.91 Å². The van der Waals surface area contributed by atoms with E-state index in [-0.39, 0.29) is 10.7 Å². The second kappa shape index (κ2) is 4.39. The molecule has 1 atom stereocenters. The molecule has 0 aromatic heterocycles. The summed E-state index contributed by atoms with van der Waals surface area (Å²) in [7, 11) is 0. The summed E-state index contributed by atoms with van der Waals surface area (Å²) in [4.78, 5) is 11.1. The lowest BCUT2D eigenvalue weighted by Crippen LogP contribution is -2.32. The zero-order valence-electron chi connectivity index (χ0n) is 7.55. The van der Waals surface area contributed by atoms with Crippen LogP contribution in [0.2, 0.25) is 5.02 Å². The van der Waals surface area contributed by atoms with Gasteiger partial charge in [0.1, 0.15) is 0 Å². The zero-order chi connectivity index (χ0) is 10.7. The Morgan fingerprint density at radius 3 is 2.86 bits per heavy atom. The van der Waals surface area contributed by atoms with E-state index in [0.717, 1.165) is 0 Å². The second-order valence-electron chi connectivity index (χ2n) is 2.88. The number of benzene rings is 1. The molecule has 1 aromatic rings. The van der Waals surface area contributed by atoms with Crippen molar-refractivity contribution in [3.8, 4) is 0 Å². The quantitative estimate of drug-likeness (QED) is 0.792. The van der Waals surface area contributed by atoms with Crippen LogP contribution in [-0.4, -0.2) is 11.9 Å². The lowest BCUT2D eigenvalue weighted by atomic mass is 10.2. The Balaban J connectivity index is 2.87. The maximum atomic E-state index is 13.2. The third-order valence-corrected chi connectivity index (χ3v) is 1.91. The first-order chi connectivity index (χ1) is 6.52. The van der Waals surface area contributed by atoms with E-state index in [1.165, 1.54) is 19.1 Å². The molecule has 14 heavy (non-hydrogen) atoms. The molecule has 76 valence electrons. The average molecular weight is 217 g/mol. The number of carbonyl (C=O) groups excluding carboxylic acids is 1. The summed E-state index contributed by atoms with van der Waals surface area (Å²) in [5.41, 5.74) is 5.35. The van der Waals surface area contributed by atoms with E-state index in [4.69, 9.17) is 17.3 Å². The molecular weight excluding hydrogens is 207 g/mol. The number of hydrogen-bond acceptors (Lipinski definition) is 2. The van der Waals surface area contributed by atoms with Gasteiger partial charge in [0.25, 0.3) is 0 Å². The lowest BCUT2D eigenvalue weighted by molar-refractivity contribution is -0.117. The topological polar surface area (TPSA) is 55.1 Å². The Morgan fingerprint density at radius 2 is 2.29 bits per heavy atom. The van der Waals surface area contributed by atoms with Crippen molar-refractivity contribution in [3.63, 3.8) is 0 Å². The highest BCUT2D eigenvalue weighted by molar-refractivity contribution is 6.31. The summed E-state index contributed by atoms with van der Waals surface area (Å²) in [6.45, 7) is 1.51. The molecule has 0 unspecified atom stereocenters. The van der Waals surface area contributed by atoms with Crippen molar-refractivity contribution in [2.75, 3.05) is 5.32 Å². The molecule has 0 radical (unpaired) electrons. The molecule has 0 aliphatic carbocycles. The largest absolute Gasteiger partial charge is 0.322 e. The minimum Gasteiger partial charge on any atom is -0.322 e. The van der Waals surface area contributed by atoms with Gasteiger partial charge in [0.15, 0.2) is 5.82 Å². The van der Waals surface area contributed by atoms with Crippen LogP contribution in [0.25, 0.3) is 0 Å². The number of nitrogens with one attached hydrogen (secondary N) is 1. The van der Waals surface area contributed by atoms with Gasteiger partial charge in [-0.25, -0.2) is 4.39 Å². The van der Waals surface area contributed by atoms with Crippen molar-refractivity contribution >= 4 is 23.2 Å². The Bertz CT molecular complexity index is 355. The zero-order valence-corrected chi connectivity index (χ0v) is 8.31. The van der Waals surface area contributed by atoms with E-state index in [1.54, 1.807) is 6.07 Å². The minimum absolute atomic E-state index is 0.0347. The highest BCUT2D eigenvalue weighted by Crippen LogP contribution is 2.21. The fourth-order valence-electron chi connectivity index (χ4n) is 0.847. The molecule has 3 nitrogen and oxygen atoms in total. The molecule has 5 heteroatoms. The van der Waals surface area contributed by atoms with Crippen molar-refractivity contribution in [3.05, 3.63) is 29.0 Å². The molecule has 0 aliphatic rings. The number of amides is 1. The molecule has 0 spiro atoms. The molecule has 0 heterocycles. The van der Waals surface area contributed by atoms with E-state index >= 15 is 0 Å². The summed E-state index contributed by atoms with van der Waals surface area (Å²) in [6.07, 6.45) is 0. The highest BCUT2D eigenvalue weighted by atomic mass is 35.5. The van der Waals surface area contributed by atoms with E-state index in [1.807, 2.05) is 0 Å². The fourth-order valence-corrected chi connectivity index (χ4v) is 1.02. The number of nitrogens with two attached hydrogens (primary N) is 1. The Labute approximate surface area is 86.0 Å². The Morgan fingerprint density at radius 1 is 1.64 bits per heavy atom. The normalized spacial score (nSPS) is 12.3. The predicted octanol–water partition coefficient (Wildman–Crippen LogP) is 1.76. The maximum Gasteiger partial charge on any atom is 0.241 e. The van der Waals surface area contributed by atoms with Gasteiger partial charge in [-0.15, -0.1) is 0 Å². The van der Waals surface area contributed by atoms with Crippen LogP contribution < -0.4 is 11.1 Å². The van der Waals surface area contributed by atoms with Crippen LogP contribution in [0.4, 0.5) is 10.1 Å². The molecule has 0 fully saturated rings. The number of rotatable bonds is 2. The minimum atomic E-state index is -0.687. The second-order valence-corrected chi connectivity index (χ2v) is 3.29. The van der Waals surface area contributed by atoms with Gasteiger partial charge in [-0.05, 0) is 19.1 Å². The van der Waals surface area contributed by atoms with Crippen molar-refractivity contribution in [2.24, 2.45) is 5.73 Å². The summed E-state index contributed by atoms with van der Waals surface area (Å²) in [5.74, 6) is -1.10. The molecule has 1 amide bonds. The predicted molar refractivity (Wildman–Crippen MR) is 53.7 cm³/mol. The van der Waals surface area contributed by atoms with Crippen LogP contribution in [0.15, 0.2) is 18.2 Å². The molecule has 1 rings (SSSR count). The summed E-state index contributed by atoms with van der Waals surface area (Å²) < 4.78 is 13.2. The van der Waals surface area contributed by atoms with Crippen LogP contribution in [0.5, 0.6) is 0 Å². The van der Waals surface area contributed by atoms with Crippen molar-refractivity contribution in [2.45, 2.75) is 13.0 Å². The molecular formula is C9H10ClFN2O. The van der Waals surface area contributed by atoms with Crippen LogP contribution in [0, 0.1) is 5.82 Å². The van der Waals surface area contributed by atoms with Gasteiger partial charge < -0.3 is 11.1 Å². The molecule has 3 N–H and O–H groups in total. The van der Waals surface area contributed by atoms with Crippen LogP contribution in [0.1, 0.15) is 6.92 Å². The Hall–Kier alpha value is -1.13. The van der Waals surface area contributed by atoms with E-state index in [0.29, 0.717) is 0 Å². The summed E-state index contributed by atoms with van der Waals surface area (Å²) in [5, 5.41) is 2.29. The van der Waals surface area contributed by atoms with Crippen LogP contribution >= 0.6 is 11.6 Å². The first kappa shape index (κ1) is 10.9. The monoisotopic (exact) mass is 216 g/mol. The van der Waals surface area contributed by atoms with E-state index < -0.39 is 17.8 Å². The fraction of sp³-hybridized carbons (Fsp3) is 0.222. The molecule has 0 aliphatic heterocycles. The first-order valence-electron chi connectivity index (χ1n) is 4.03. The van der Waals surface area contributed by atoms with Crippen molar-refractivity contribution in [1.29, 1.82) is 0 Å². The van der Waals surface area contributed by atoms with Crippen LogP contribution in [0.3, 0.4) is 0 Å². The average Bonchev–Trinajstić information content (AvgIpc) is 2.12. The Kier molecular flexibility index (Phi) is 3.43. The maximum absolute atomic E-state index is 13.2. The van der Waals surface area contributed by atoms with Crippen molar-refractivity contribution < 1.29 is 9.18 Å². The SMILES string of the molecule is C[C@H](N)C(=O)Nc1cccc(Cl)c1F. The highest BCUT2D eigenvalue weighted by Gasteiger charge is 2.11. The molecule has 0 saturated carbocycles. The first-order valence-corrected chi connectivity index (χ1v) is 4.40. The van der Waals surface area contributed by atoms with Gasteiger partial charge in [0, 0.05) is 0 Å². The lowest BCUT2D eigenvalue weighted by Gasteiger charge is -2.08. The van der Waals surface area contributed by atoms with Crippen molar-refractivity contribution in [1.82, 2.24) is 0 Å². The third-order valence-electron chi connectivity index (χ3n) is 1.62. The molecule has 1 aromatic carbocycles. The molecule has 0 saturated heterocycles. The van der Waals surface area contributed by atoms with Gasteiger partial charge >= 0.3 is 0 Å². The molecule has 0 bridgehead atoms. The van der Waals surface area contributed by atoms with Gasteiger partial charge in [-0.2, -0.15) is 0 Å². The van der Waals surface area contributed by atoms with E-state index in [2.05, 4.69) is 5.32 Å². The summed E-state index contributed by atoms with van der Waals surface area (Å²) in [6, 6.07) is 3.68. The summed E-state index contributed by atoms with van der Waals surface area (Å²) >= 11 is 5.52. The standard InChI is InChI=1S/C9H10ClFN2O/c1-5(12)9(14)13-7-4-2-3-6(10)8(7)11/h2-5H,12H2,1H3,(H,13,14)/t5-/m0/s1. The van der Waals surface area contributed by atoms with Gasteiger partial charge in [-0.1, -0.05) is 17.7 Å². The van der Waals surface area contributed by atoms with Crippen LogP contribution in [-0.2, 0) is 4.79 Å². The number of hydrogen-bond donors (Lipinski definition) is 2. The number of anilines is 1. The smallest absolute Gasteiger partial charge is 0.241 e. The van der Waals surface area contributed by atoms with Gasteiger partial charge in [0.05, 0.1) is 16.8 Å². The number of halogens is 2. The number of carbonyl (C=O) groups is 1.